The molecule has 19 nitrogen and oxygen atoms in total. The first-order chi connectivity index (χ1) is 42.3. The largest absolute Gasteiger partial charge is 0.872 e. The van der Waals surface area contributed by atoms with E-state index in [9.17, 15) is 84.3 Å². The number of aromatic carboxylic acids is 3. The Morgan fingerprint density at radius 3 is 1.29 bits per heavy atom. The molecule has 0 aliphatic heterocycles. The molecule has 480 valence electrons. The van der Waals surface area contributed by atoms with Gasteiger partial charge in [-0.15, -0.1) is 0 Å². The van der Waals surface area contributed by atoms with Crippen LogP contribution in [0, 0.1) is 52.3 Å². The van der Waals surface area contributed by atoms with E-state index in [-0.39, 0.29) is 35.4 Å². The maximum Gasteiger partial charge on any atom is 0.335 e. The van der Waals surface area contributed by atoms with Crippen molar-refractivity contribution in [3.8, 4) is 11.5 Å². The molecule has 0 aromatic heterocycles. The number of aliphatic hydroxyl groups is 1. The van der Waals surface area contributed by atoms with E-state index in [1.165, 1.54) is 93.5 Å². The van der Waals surface area contributed by atoms with Gasteiger partial charge < -0.3 is 84.9 Å². The summed E-state index contributed by atoms with van der Waals surface area (Å²) < 4.78 is 0. The fraction of sp³-hybridized carbons (Fsp3) is 0.486. The van der Waals surface area contributed by atoms with Crippen LogP contribution in [0.1, 0.15) is 184 Å². The van der Waals surface area contributed by atoms with Crippen molar-refractivity contribution in [3.05, 3.63) is 144 Å². The average Bonchev–Trinajstić information content (AvgIpc) is 0.765. The van der Waals surface area contributed by atoms with Crippen molar-refractivity contribution in [1.29, 1.82) is 0 Å². The highest BCUT2D eigenvalue weighted by Crippen LogP contribution is 2.62. The molecule has 10 aliphatic carbocycles. The molecule has 2 atom stereocenters. The van der Waals surface area contributed by atoms with Crippen molar-refractivity contribution in [2.24, 2.45) is 52.3 Å². The minimum Gasteiger partial charge on any atom is -0.872 e. The lowest BCUT2D eigenvalue weighted by Gasteiger charge is -2.60. The summed E-state index contributed by atoms with van der Waals surface area (Å²) >= 11 is 0. The van der Waals surface area contributed by atoms with E-state index in [2.05, 4.69) is 0 Å². The van der Waals surface area contributed by atoms with Crippen molar-refractivity contribution in [2.75, 3.05) is 0 Å². The number of carboxylic acids is 8. The van der Waals surface area contributed by atoms with Gasteiger partial charge in [0.1, 0.15) is 0 Å². The van der Waals surface area contributed by atoms with Crippen LogP contribution in [0.3, 0.4) is 0 Å². The second-order valence-electron chi connectivity index (χ2n) is 25.5. The van der Waals surface area contributed by atoms with Crippen LogP contribution >= 0.6 is 0 Å². The van der Waals surface area contributed by atoms with Gasteiger partial charge in [0.05, 0.1) is 22.7 Å². The molecule has 10 saturated carbocycles. The normalized spacial score (nSPS) is 25.4. The van der Waals surface area contributed by atoms with Gasteiger partial charge >= 0.3 is 11.9 Å². The summed E-state index contributed by atoms with van der Waals surface area (Å²) in [5.41, 5.74) is -1.11. The first kappa shape index (κ1) is 69.8. The van der Waals surface area contributed by atoms with Gasteiger partial charge in [0.15, 0.2) is 0 Å². The number of hydrogen-bond acceptors (Lipinski definition) is 17. The Labute approximate surface area is 518 Å². The minimum atomic E-state index is -1.18. The van der Waals surface area contributed by atoms with E-state index >= 15 is 0 Å². The van der Waals surface area contributed by atoms with Crippen molar-refractivity contribution in [2.45, 2.75) is 160 Å². The number of rotatable bonds is 10. The van der Waals surface area contributed by atoms with Crippen LogP contribution < -0.4 is 40.9 Å². The SMILES string of the molecule is O=C(O)c1cc2ccccc2cc1[O-].O=C(O)c1ccccc1[O-].O=C([O-])C12CC3CC(CC(C3)C1)C2.O=C([O-])C12CC3CC(CC(O)(C3)C1)C2.O=C([O-])C1CCCCC1.O=C([O-])CC1CCCCC1.O=C([O-])Cc1ccccc1.O=C([O-])c1ccccc1. The smallest absolute Gasteiger partial charge is 0.335 e. The van der Waals surface area contributed by atoms with E-state index in [4.69, 9.17) is 10.2 Å². The third kappa shape index (κ3) is 21.2. The summed E-state index contributed by atoms with van der Waals surface area (Å²) in [4.78, 5) is 83.7. The molecule has 8 bridgehead atoms. The highest BCUT2D eigenvalue weighted by atomic mass is 16.4. The number of carboxylic acid groups (broad SMARTS) is 8. The van der Waals surface area contributed by atoms with Gasteiger partial charge in [0.25, 0.3) is 0 Å². The molecule has 5 aromatic carbocycles. The lowest BCUT2D eigenvalue weighted by Crippen LogP contribution is -2.60. The van der Waals surface area contributed by atoms with Crippen molar-refractivity contribution < 1.29 is 94.5 Å². The summed E-state index contributed by atoms with van der Waals surface area (Å²) in [7, 11) is 0. The molecule has 0 saturated heterocycles. The van der Waals surface area contributed by atoms with E-state index in [0.29, 0.717) is 41.9 Å². The number of carbonyl (C=O) groups is 8. The molecule has 5 aromatic rings. The minimum absolute atomic E-state index is 0.000833. The highest BCUT2D eigenvalue weighted by Gasteiger charge is 2.58. The van der Waals surface area contributed by atoms with Crippen LogP contribution in [0.2, 0.25) is 0 Å². The summed E-state index contributed by atoms with van der Waals surface area (Å²) in [5.74, 6) is -5.56. The first-order valence-corrected chi connectivity index (χ1v) is 30.8. The predicted molar refractivity (Wildman–Crippen MR) is 310 cm³/mol. The Morgan fingerprint density at radius 1 is 0.449 bits per heavy atom. The summed E-state index contributed by atoms with van der Waals surface area (Å²) in [6.07, 6.45) is 22.5. The van der Waals surface area contributed by atoms with Crippen molar-refractivity contribution in [1.82, 2.24) is 0 Å². The molecule has 0 amide bonds. The fourth-order valence-corrected chi connectivity index (χ4v) is 15.1. The summed E-state index contributed by atoms with van der Waals surface area (Å²) in [6.45, 7) is 0. The Kier molecular flexibility index (Phi) is 25.7. The van der Waals surface area contributed by atoms with E-state index in [0.717, 1.165) is 106 Å². The Hall–Kier alpha value is -8.32. The molecule has 15 rings (SSSR count). The highest BCUT2D eigenvalue weighted by molar-refractivity contribution is 5.97. The molecular formula is C70H78O19-8. The zero-order chi connectivity index (χ0) is 64.9. The number of para-hydroxylation sites is 1. The van der Waals surface area contributed by atoms with Gasteiger partial charge in [0, 0.05) is 47.1 Å². The fourth-order valence-electron chi connectivity index (χ4n) is 15.1. The molecule has 19 heteroatoms. The molecule has 10 aliphatic rings. The van der Waals surface area contributed by atoms with Crippen LogP contribution in [0.5, 0.6) is 11.5 Å². The zero-order valence-corrected chi connectivity index (χ0v) is 49.9. The zero-order valence-electron chi connectivity index (χ0n) is 49.9. The molecule has 0 radical (unpaired) electrons. The van der Waals surface area contributed by atoms with Crippen LogP contribution in [0.15, 0.2) is 121 Å². The van der Waals surface area contributed by atoms with E-state index in [1.54, 1.807) is 60.7 Å². The molecule has 3 N–H and O–H groups in total. The second kappa shape index (κ2) is 32.8. The van der Waals surface area contributed by atoms with Gasteiger partial charge in [0.2, 0.25) is 0 Å². The summed E-state index contributed by atoms with van der Waals surface area (Å²) in [5, 5.41) is 114. The average molecular weight is 1220 g/mol. The number of hydrogen-bond donors (Lipinski definition) is 3. The van der Waals surface area contributed by atoms with Crippen LogP contribution in [0.25, 0.3) is 10.8 Å². The predicted octanol–water partition coefficient (Wildman–Crippen LogP) is 4.14. The second-order valence-corrected chi connectivity index (χ2v) is 25.5. The van der Waals surface area contributed by atoms with Crippen LogP contribution in [0.4, 0.5) is 0 Å². The van der Waals surface area contributed by atoms with Gasteiger partial charge in [-0.2, -0.15) is 0 Å². The maximum absolute atomic E-state index is 11.3. The third-order valence-electron chi connectivity index (χ3n) is 18.4. The topological polar surface area (TPSA) is 382 Å². The quantitative estimate of drug-likeness (QED) is 0.177. The standard InChI is InChI=1S/C11H16O3.C11H8O3.C11H16O2.C8H14O2.C8H8O2.C7H6O3.C7H12O2.C7H6O2/c12-9(13)10-2-7-1-8(3-10)5-11(14,4-7)6-10;12-10-6-8-4-2-1-3-7(8)5-9(10)11(13)14;12-10(13)11-4-7-1-8(5-11)3-9(2-7)6-11;2*9-8(10)6-7-4-2-1-3-5-7;8-6-4-2-1-3-5(6)7(9)10;2*8-7(9)6-4-2-1-3-5-6/h7-8,14H,1-6H2,(H,12,13);1-6,12H,(H,13,14);7-9H,1-6H2,(H,12,13);7H,1-6H2,(H,9,10);1-5H,6H2,(H,9,10);1-4,8H,(H,9,10);6H,1-5H2,(H,8,9);1-5H,(H,8,9)/p-8. The Morgan fingerprint density at radius 2 is 0.888 bits per heavy atom. The molecule has 0 heterocycles. The first-order valence-electron chi connectivity index (χ1n) is 30.8. The van der Waals surface area contributed by atoms with Crippen molar-refractivity contribution in [3.63, 3.8) is 0 Å². The molecular weight excluding hydrogens is 1140 g/mol. The van der Waals surface area contributed by atoms with E-state index in [1.807, 2.05) is 12.1 Å². The van der Waals surface area contributed by atoms with Crippen LogP contribution in [-0.4, -0.2) is 68.7 Å². The lowest BCUT2D eigenvalue weighted by molar-refractivity contribution is -0.331. The Balaban J connectivity index is 0.000000163. The number of aliphatic carboxylic acids is 5. The van der Waals surface area contributed by atoms with Gasteiger partial charge in [-0.1, -0.05) is 172 Å². The maximum atomic E-state index is 11.3. The Bertz CT molecular complexity index is 3130. The number of fused-ring (bicyclic) bond motifs is 1. The molecule has 89 heavy (non-hydrogen) atoms. The molecule has 2 unspecified atom stereocenters. The lowest BCUT2D eigenvalue weighted by atomic mass is 9.48. The molecule has 10 fully saturated rings. The number of benzene rings is 5. The van der Waals surface area contributed by atoms with Gasteiger partial charge in [-0.05, 0) is 172 Å². The number of carbonyl (C=O) groups excluding carboxylic acids is 6. The van der Waals surface area contributed by atoms with Crippen LogP contribution in [-0.2, 0) is 30.4 Å². The van der Waals surface area contributed by atoms with Gasteiger partial charge in [-0.25, -0.2) is 9.59 Å². The third-order valence-corrected chi connectivity index (χ3v) is 18.4. The molecule has 0 spiro atoms. The van der Waals surface area contributed by atoms with E-state index < -0.39 is 75.7 Å². The summed E-state index contributed by atoms with van der Waals surface area (Å²) in [6, 6.07) is 32.5. The van der Waals surface area contributed by atoms with Crippen molar-refractivity contribution >= 4 is 58.5 Å². The van der Waals surface area contributed by atoms with Gasteiger partial charge in [-0.3, -0.25) is 0 Å². The monoisotopic (exact) mass is 1220 g/mol.